The Kier molecular flexibility index (Phi) is 5.59. The first-order valence-electron chi connectivity index (χ1n) is 7.44. The zero-order chi connectivity index (χ0) is 14.4. The van der Waals surface area contributed by atoms with Crippen LogP contribution in [0.4, 0.5) is 0 Å². The van der Waals surface area contributed by atoms with Gasteiger partial charge in [0.05, 0.1) is 12.5 Å². The monoisotopic (exact) mass is 281 g/mol. The Morgan fingerprint density at radius 2 is 2.15 bits per heavy atom. The van der Waals surface area contributed by atoms with Crippen molar-refractivity contribution in [1.82, 2.24) is 4.90 Å². The van der Waals surface area contributed by atoms with Crippen molar-refractivity contribution in [3.63, 3.8) is 0 Å². The molecule has 112 valence electrons. The van der Waals surface area contributed by atoms with Gasteiger partial charge in [0.2, 0.25) is 5.91 Å². The Morgan fingerprint density at radius 1 is 1.30 bits per heavy atom. The number of ether oxygens (including phenoxy) is 1. The van der Waals surface area contributed by atoms with Gasteiger partial charge in [-0.2, -0.15) is 0 Å². The molecule has 5 nitrogen and oxygen atoms in total. The van der Waals surface area contributed by atoms with E-state index in [1.165, 1.54) is 0 Å². The van der Waals surface area contributed by atoms with Crippen molar-refractivity contribution in [2.75, 3.05) is 19.7 Å². The van der Waals surface area contributed by atoms with Crippen molar-refractivity contribution in [3.05, 3.63) is 12.2 Å². The number of hydrogen-bond donors (Lipinski definition) is 1. The van der Waals surface area contributed by atoms with E-state index in [9.17, 15) is 9.59 Å². The minimum Gasteiger partial charge on any atom is -0.481 e. The van der Waals surface area contributed by atoms with E-state index < -0.39 is 5.97 Å². The molecular weight excluding hydrogens is 258 g/mol. The number of carboxylic acids is 1. The number of carbonyl (C=O) groups is 2. The fraction of sp³-hybridized carbons (Fsp3) is 0.733. The van der Waals surface area contributed by atoms with Crippen LogP contribution in [0.15, 0.2) is 12.2 Å². The maximum absolute atomic E-state index is 12.5. The average molecular weight is 281 g/mol. The molecule has 0 aromatic carbocycles. The number of rotatable bonds is 6. The zero-order valence-electron chi connectivity index (χ0n) is 11.8. The molecule has 1 aliphatic carbocycles. The third-order valence-electron chi connectivity index (χ3n) is 3.97. The molecule has 20 heavy (non-hydrogen) atoms. The summed E-state index contributed by atoms with van der Waals surface area (Å²) in [4.78, 5) is 25.0. The quantitative estimate of drug-likeness (QED) is 0.754. The highest BCUT2D eigenvalue weighted by Crippen LogP contribution is 2.22. The Bertz CT molecular complexity index is 374. The summed E-state index contributed by atoms with van der Waals surface area (Å²) in [5, 5.41) is 8.83. The predicted molar refractivity (Wildman–Crippen MR) is 74.3 cm³/mol. The van der Waals surface area contributed by atoms with Gasteiger partial charge in [0, 0.05) is 25.6 Å². The van der Waals surface area contributed by atoms with Gasteiger partial charge in [0.15, 0.2) is 0 Å². The number of nitrogens with zero attached hydrogens (tertiary/aromatic N) is 1. The van der Waals surface area contributed by atoms with E-state index in [1.807, 2.05) is 6.08 Å². The summed E-state index contributed by atoms with van der Waals surface area (Å²) in [6.45, 7) is 1.57. The third-order valence-corrected chi connectivity index (χ3v) is 3.97. The molecule has 5 heteroatoms. The Morgan fingerprint density at radius 3 is 2.75 bits per heavy atom. The molecule has 0 radical (unpaired) electrons. The maximum Gasteiger partial charge on any atom is 0.305 e. The number of aliphatic carboxylic acids is 1. The largest absolute Gasteiger partial charge is 0.481 e. The standard InChI is InChI=1S/C15H23NO4/c17-14(18)8-9-16(11-13-7-4-10-20-13)15(19)12-5-2-1-3-6-12/h1-2,12-13H,3-11H2,(H,17,18)/t12-,13+/m1/s1. The molecule has 0 bridgehead atoms. The van der Waals surface area contributed by atoms with Crippen molar-refractivity contribution >= 4 is 11.9 Å². The number of hydrogen-bond acceptors (Lipinski definition) is 3. The highest BCUT2D eigenvalue weighted by atomic mass is 16.5. The summed E-state index contributed by atoms with van der Waals surface area (Å²) < 4.78 is 5.57. The molecule has 1 N–H and O–H groups in total. The highest BCUT2D eigenvalue weighted by Gasteiger charge is 2.28. The molecule has 2 atom stereocenters. The van der Waals surface area contributed by atoms with Gasteiger partial charge in [-0.15, -0.1) is 0 Å². The van der Waals surface area contributed by atoms with Crippen LogP contribution in [-0.2, 0) is 14.3 Å². The summed E-state index contributed by atoms with van der Waals surface area (Å²) in [5.41, 5.74) is 0. The van der Waals surface area contributed by atoms with Crippen LogP contribution in [-0.4, -0.2) is 47.7 Å². The minimum atomic E-state index is -0.862. The van der Waals surface area contributed by atoms with Crippen LogP contribution in [0.2, 0.25) is 0 Å². The van der Waals surface area contributed by atoms with Crippen LogP contribution in [0.3, 0.4) is 0 Å². The first-order valence-corrected chi connectivity index (χ1v) is 7.44. The second-order valence-electron chi connectivity index (χ2n) is 5.54. The first kappa shape index (κ1) is 15.0. The molecule has 2 rings (SSSR count). The van der Waals surface area contributed by atoms with Gasteiger partial charge in [0.25, 0.3) is 0 Å². The minimum absolute atomic E-state index is 0.00101. The second kappa shape index (κ2) is 7.43. The summed E-state index contributed by atoms with van der Waals surface area (Å²) in [6, 6.07) is 0. The van der Waals surface area contributed by atoms with Crippen LogP contribution in [0.5, 0.6) is 0 Å². The van der Waals surface area contributed by atoms with E-state index in [2.05, 4.69) is 6.08 Å². The van der Waals surface area contributed by atoms with Crippen LogP contribution in [0.1, 0.15) is 38.5 Å². The van der Waals surface area contributed by atoms with Crippen LogP contribution in [0.25, 0.3) is 0 Å². The van der Waals surface area contributed by atoms with Gasteiger partial charge in [-0.25, -0.2) is 0 Å². The van der Waals surface area contributed by atoms with Gasteiger partial charge in [-0.1, -0.05) is 12.2 Å². The van der Waals surface area contributed by atoms with Crippen molar-refractivity contribution in [1.29, 1.82) is 0 Å². The lowest BCUT2D eigenvalue weighted by Gasteiger charge is -2.29. The lowest BCUT2D eigenvalue weighted by molar-refractivity contribution is -0.140. The van der Waals surface area contributed by atoms with E-state index in [4.69, 9.17) is 9.84 Å². The van der Waals surface area contributed by atoms with Crippen molar-refractivity contribution < 1.29 is 19.4 Å². The van der Waals surface area contributed by atoms with Crippen LogP contribution < -0.4 is 0 Å². The van der Waals surface area contributed by atoms with E-state index in [0.717, 1.165) is 38.7 Å². The molecule has 0 unspecified atom stereocenters. The van der Waals surface area contributed by atoms with E-state index in [0.29, 0.717) is 6.54 Å². The lowest BCUT2D eigenvalue weighted by Crippen LogP contribution is -2.42. The predicted octanol–water partition coefficient (Wildman–Crippen LogP) is 1.82. The van der Waals surface area contributed by atoms with Gasteiger partial charge in [-0.05, 0) is 32.1 Å². The molecule has 0 saturated carbocycles. The maximum atomic E-state index is 12.5. The van der Waals surface area contributed by atoms with E-state index in [1.54, 1.807) is 4.90 Å². The molecule has 1 saturated heterocycles. The topological polar surface area (TPSA) is 66.8 Å². The summed E-state index contributed by atoms with van der Waals surface area (Å²) in [6.07, 6.45) is 8.78. The van der Waals surface area contributed by atoms with Gasteiger partial charge >= 0.3 is 5.97 Å². The molecule has 1 fully saturated rings. The Hall–Kier alpha value is -1.36. The van der Waals surface area contributed by atoms with Gasteiger partial charge < -0.3 is 14.7 Å². The summed E-state index contributed by atoms with van der Waals surface area (Å²) >= 11 is 0. The van der Waals surface area contributed by atoms with Crippen LogP contribution >= 0.6 is 0 Å². The number of allylic oxidation sites excluding steroid dienone is 2. The molecule has 0 aromatic rings. The molecular formula is C15H23NO4. The molecule has 0 aromatic heterocycles. The fourth-order valence-electron chi connectivity index (χ4n) is 2.83. The van der Waals surface area contributed by atoms with Crippen molar-refractivity contribution in [2.24, 2.45) is 5.92 Å². The summed E-state index contributed by atoms with van der Waals surface area (Å²) in [5.74, 6) is -0.764. The highest BCUT2D eigenvalue weighted by molar-refractivity contribution is 5.80. The molecule has 1 aliphatic heterocycles. The van der Waals surface area contributed by atoms with Gasteiger partial charge in [-0.3, -0.25) is 9.59 Å². The SMILES string of the molecule is O=C(O)CCN(C[C@@H]1CCCO1)C(=O)[C@@H]1CC=CCC1. The Balaban J connectivity index is 1.93. The van der Waals surface area contributed by atoms with Crippen molar-refractivity contribution in [3.8, 4) is 0 Å². The Labute approximate surface area is 119 Å². The molecule has 0 spiro atoms. The van der Waals surface area contributed by atoms with E-state index >= 15 is 0 Å². The molecule has 1 heterocycles. The van der Waals surface area contributed by atoms with Crippen LogP contribution in [0, 0.1) is 5.92 Å². The molecule has 1 amide bonds. The molecule has 2 aliphatic rings. The smallest absolute Gasteiger partial charge is 0.305 e. The number of carbonyl (C=O) groups excluding carboxylic acids is 1. The number of carboxylic acid groups (broad SMARTS) is 1. The van der Waals surface area contributed by atoms with Gasteiger partial charge in [0.1, 0.15) is 0 Å². The fourth-order valence-corrected chi connectivity index (χ4v) is 2.83. The second-order valence-corrected chi connectivity index (χ2v) is 5.54. The third kappa shape index (κ3) is 4.34. The number of amides is 1. The van der Waals surface area contributed by atoms with Crippen molar-refractivity contribution in [2.45, 2.75) is 44.6 Å². The normalized spacial score (nSPS) is 25.6. The van der Waals surface area contributed by atoms with E-state index in [-0.39, 0.29) is 30.9 Å². The first-order chi connectivity index (χ1) is 9.66. The lowest BCUT2D eigenvalue weighted by atomic mass is 9.93. The zero-order valence-corrected chi connectivity index (χ0v) is 11.8. The average Bonchev–Trinajstić information content (AvgIpc) is 2.96. The summed E-state index contributed by atoms with van der Waals surface area (Å²) in [7, 11) is 0.